The molecule has 0 bridgehead atoms. The minimum atomic E-state index is 1.04. The Morgan fingerprint density at radius 3 is 1.62 bits per heavy atom. The fourth-order valence-corrected chi connectivity index (χ4v) is 3.76. The number of allylic oxidation sites excluding steroid dienone is 4. The van der Waals surface area contributed by atoms with E-state index in [0.29, 0.717) is 0 Å². The fraction of sp³-hybridized carbons (Fsp3) is 0.692. The van der Waals surface area contributed by atoms with E-state index in [2.05, 4.69) is 24.3 Å². The first kappa shape index (κ1) is 7.84. The van der Waals surface area contributed by atoms with Gasteiger partial charge in [-0.2, -0.15) is 0 Å². The fourth-order valence-electron chi connectivity index (χ4n) is 3.76. The van der Waals surface area contributed by atoms with E-state index in [1.807, 2.05) is 0 Å². The molecule has 0 aromatic heterocycles. The molecule has 0 nitrogen and oxygen atoms in total. The van der Waals surface area contributed by atoms with Gasteiger partial charge in [-0.3, -0.25) is 0 Å². The Labute approximate surface area is 80.7 Å². The summed E-state index contributed by atoms with van der Waals surface area (Å²) >= 11 is 0. The van der Waals surface area contributed by atoms with Crippen molar-refractivity contribution in [3.8, 4) is 0 Å². The second kappa shape index (κ2) is 3.01. The molecule has 0 heteroatoms. The molecule has 0 aromatic rings. The van der Waals surface area contributed by atoms with Crippen LogP contribution >= 0.6 is 0 Å². The van der Waals surface area contributed by atoms with Crippen molar-refractivity contribution in [2.24, 2.45) is 23.7 Å². The maximum Gasteiger partial charge on any atom is -0.0314 e. The molecule has 0 N–H and O–H groups in total. The first-order valence-electron chi connectivity index (χ1n) is 5.75. The molecule has 4 unspecified atom stereocenters. The summed E-state index contributed by atoms with van der Waals surface area (Å²) in [5.74, 6) is 4.17. The van der Waals surface area contributed by atoms with Crippen LogP contribution in [0.3, 0.4) is 0 Å². The van der Waals surface area contributed by atoms with Gasteiger partial charge in [0.15, 0.2) is 0 Å². The normalized spacial score (nSPS) is 47.4. The minimum absolute atomic E-state index is 1.04. The Balaban J connectivity index is 1.83. The van der Waals surface area contributed by atoms with Gasteiger partial charge in [-0.15, -0.1) is 0 Å². The Kier molecular flexibility index (Phi) is 1.81. The van der Waals surface area contributed by atoms with Gasteiger partial charge in [0.2, 0.25) is 0 Å². The van der Waals surface area contributed by atoms with E-state index >= 15 is 0 Å². The van der Waals surface area contributed by atoms with Crippen LogP contribution in [-0.2, 0) is 0 Å². The molecule has 3 aliphatic rings. The summed E-state index contributed by atoms with van der Waals surface area (Å²) in [6.45, 7) is 0. The van der Waals surface area contributed by atoms with Gasteiger partial charge >= 0.3 is 0 Å². The highest BCUT2D eigenvalue weighted by Gasteiger charge is 2.42. The zero-order valence-electron chi connectivity index (χ0n) is 8.15. The number of hydrogen-bond donors (Lipinski definition) is 0. The highest BCUT2D eigenvalue weighted by Crippen LogP contribution is 2.51. The number of rotatable bonds is 0. The molecule has 0 aliphatic heterocycles. The number of fused-ring (bicyclic) bond motifs is 3. The summed E-state index contributed by atoms with van der Waals surface area (Å²) in [6, 6.07) is 0. The van der Waals surface area contributed by atoms with Crippen molar-refractivity contribution >= 4 is 0 Å². The van der Waals surface area contributed by atoms with Gasteiger partial charge in [0.05, 0.1) is 0 Å². The van der Waals surface area contributed by atoms with Crippen molar-refractivity contribution in [1.29, 1.82) is 0 Å². The summed E-state index contributed by atoms with van der Waals surface area (Å²) in [7, 11) is 0. The van der Waals surface area contributed by atoms with Crippen molar-refractivity contribution < 1.29 is 0 Å². The van der Waals surface area contributed by atoms with Crippen LogP contribution in [0.5, 0.6) is 0 Å². The van der Waals surface area contributed by atoms with Crippen molar-refractivity contribution in [2.45, 2.75) is 32.1 Å². The topological polar surface area (TPSA) is 0 Å². The average Bonchev–Trinajstić information content (AvgIpc) is 2.56. The summed E-state index contributed by atoms with van der Waals surface area (Å²) in [6.07, 6.45) is 16.7. The predicted molar refractivity (Wildman–Crippen MR) is 55.3 cm³/mol. The quantitative estimate of drug-likeness (QED) is 0.493. The lowest BCUT2D eigenvalue weighted by molar-refractivity contribution is 0.274. The molecule has 1 saturated carbocycles. The third-order valence-electron chi connectivity index (χ3n) is 4.39. The summed E-state index contributed by atoms with van der Waals surface area (Å²) in [5.41, 5.74) is 0. The van der Waals surface area contributed by atoms with Gasteiger partial charge in [0, 0.05) is 0 Å². The molecule has 70 valence electrons. The molecular weight excluding hydrogens is 156 g/mol. The molecule has 4 atom stereocenters. The van der Waals surface area contributed by atoms with Gasteiger partial charge in [-0.1, -0.05) is 24.3 Å². The smallest absolute Gasteiger partial charge is 0.0314 e. The minimum Gasteiger partial charge on any atom is -0.0882 e. The monoisotopic (exact) mass is 174 g/mol. The van der Waals surface area contributed by atoms with Crippen molar-refractivity contribution in [3.05, 3.63) is 24.3 Å². The number of hydrogen-bond acceptors (Lipinski definition) is 0. The summed E-state index contributed by atoms with van der Waals surface area (Å²) < 4.78 is 0. The maximum atomic E-state index is 2.42. The van der Waals surface area contributed by atoms with Gasteiger partial charge in [-0.05, 0) is 55.8 Å². The van der Waals surface area contributed by atoms with Gasteiger partial charge < -0.3 is 0 Å². The second-order valence-corrected chi connectivity index (χ2v) is 4.97. The van der Waals surface area contributed by atoms with Crippen molar-refractivity contribution in [2.75, 3.05) is 0 Å². The van der Waals surface area contributed by atoms with E-state index < -0.39 is 0 Å². The van der Waals surface area contributed by atoms with E-state index in [-0.39, 0.29) is 0 Å². The molecule has 0 radical (unpaired) electrons. The van der Waals surface area contributed by atoms with Crippen LogP contribution in [0.4, 0.5) is 0 Å². The highest BCUT2D eigenvalue weighted by molar-refractivity contribution is 5.07. The third-order valence-corrected chi connectivity index (χ3v) is 4.39. The van der Waals surface area contributed by atoms with E-state index in [0.717, 1.165) is 23.7 Å². The first-order valence-corrected chi connectivity index (χ1v) is 5.75. The van der Waals surface area contributed by atoms with E-state index in [1.165, 1.54) is 32.1 Å². The van der Waals surface area contributed by atoms with Crippen LogP contribution in [0.1, 0.15) is 32.1 Å². The van der Waals surface area contributed by atoms with E-state index in [1.54, 1.807) is 0 Å². The summed E-state index contributed by atoms with van der Waals surface area (Å²) in [5, 5.41) is 0. The third kappa shape index (κ3) is 1.19. The highest BCUT2D eigenvalue weighted by atomic mass is 14.5. The lowest BCUT2D eigenvalue weighted by atomic mass is 9.77. The van der Waals surface area contributed by atoms with E-state index in [9.17, 15) is 0 Å². The average molecular weight is 174 g/mol. The van der Waals surface area contributed by atoms with Crippen LogP contribution in [0.25, 0.3) is 0 Å². The molecule has 1 fully saturated rings. The zero-order valence-corrected chi connectivity index (χ0v) is 8.15. The van der Waals surface area contributed by atoms with Gasteiger partial charge in [0.25, 0.3) is 0 Å². The van der Waals surface area contributed by atoms with E-state index in [4.69, 9.17) is 0 Å². The predicted octanol–water partition coefficient (Wildman–Crippen LogP) is 3.55. The molecule has 3 rings (SSSR count). The van der Waals surface area contributed by atoms with Crippen molar-refractivity contribution in [1.82, 2.24) is 0 Å². The van der Waals surface area contributed by atoms with Crippen LogP contribution in [0, 0.1) is 23.7 Å². The Bertz CT molecular complexity index is 223. The molecule has 0 aromatic carbocycles. The zero-order chi connectivity index (χ0) is 8.67. The lowest BCUT2D eigenvalue weighted by Crippen LogP contribution is -2.19. The Hall–Kier alpha value is -0.520. The standard InChI is InChI=1S/C13H18/c1-3-7-12-10(5-1)9-11-6-2-4-8-13(11)12/h1-4,10-13H,5-9H2. The lowest BCUT2D eigenvalue weighted by Gasteiger charge is -2.28. The van der Waals surface area contributed by atoms with Crippen LogP contribution < -0.4 is 0 Å². The largest absolute Gasteiger partial charge is 0.0882 e. The molecule has 0 heterocycles. The Morgan fingerprint density at radius 2 is 1.08 bits per heavy atom. The van der Waals surface area contributed by atoms with Crippen LogP contribution in [0.15, 0.2) is 24.3 Å². The SMILES string of the molecule is C1=CCC2C(C1)CC1CC=CCC12. The van der Waals surface area contributed by atoms with Gasteiger partial charge in [0.1, 0.15) is 0 Å². The van der Waals surface area contributed by atoms with Gasteiger partial charge in [-0.25, -0.2) is 0 Å². The molecule has 13 heavy (non-hydrogen) atoms. The summed E-state index contributed by atoms with van der Waals surface area (Å²) in [4.78, 5) is 0. The molecule has 0 spiro atoms. The van der Waals surface area contributed by atoms with Crippen molar-refractivity contribution in [3.63, 3.8) is 0 Å². The Morgan fingerprint density at radius 1 is 0.615 bits per heavy atom. The molecule has 0 saturated heterocycles. The molecular formula is C13H18. The maximum absolute atomic E-state index is 2.42. The van der Waals surface area contributed by atoms with Crippen LogP contribution in [-0.4, -0.2) is 0 Å². The van der Waals surface area contributed by atoms with Crippen LogP contribution in [0.2, 0.25) is 0 Å². The molecule has 0 amide bonds. The first-order chi connectivity index (χ1) is 6.45. The molecule has 3 aliphatic carbocycles. The second-order valence-electron chi connectivity index (χ2n) is 4.97.